The first-order valence-corrected chi connectivity index (χ1v) is 7.19. The van der Waals surface area contributed by atoms with Crippen molar-refractivity contribution in [3.05, 3.63) is 24.0 Å². The molecule has 1 aromatic rings. The predicted octanol–water partition coefficient (Wildman–Crippen LogP) is 1.60. The second kappa shape index (κ2) is 7.02. The third-order valence-corrected chi connectivity index (χ3v) is 3.91. The number of hydrogen-bond donors (Lipinski definition) is 1. The van der Waals surface area contributed by atoms with Gasteiger partial charge in [-0.05, 0) is 25.6 Å². The van der Waals surface area contributed by atoms with Crippen LogP contribution in [0.1, 0.15) is 25.6 Å². The Morgan fingerprint density at radius 2 is 1.95 bits per heavy atom. The van der Waals surface area contributed by atoms with Crippen LogP contribution in [0.4, 0.5) is 5.69 Å². The molecule has 0 spiro atoms. The monoisotopic (exact) mass is 279 g/mol. The van der Waals surface area contributed by atoms with E-state index in [1.807, 2.05) is 6.20 Å². The Labute approximate surface area is 121 Å². The Hall–Kier alpha value is -1.17. The van der Waals surface area contributed by atoms with Crippen LogP contribution in [0.5, 0.6) is 0 Å². The van der Waals surface area contributed by atoms with Crippen molar-refractivity contribution in [2.24, 2.45) is 0 Å². The fourth-order valence-corrected chi connectivity index (χ4v) is 2.66. The Kier molecular flexibility index (Phi) is 5.34. The maximum atomic E-state index is 5.46. The van der Waals surface area contributed by atoms with Gasteiger partial charge in [0.15, 0.2) is 0 Å². The van der Waals surface area contributed by atoms with Gasteiger partial charge in [0, 0.05) is 33.4 Å². The zero-order valence-corrected chi connectivity index (χ0v) is 12.8. The fourth-order valence-electron chi connectivity index (χ4n) is 2.66. The standard InChI is InChI=1S/C15H25N3O2/c1-5-16-11(2)13-7-6-12(8-17-13)18-9-14(19-3)15(10-18)20-4/h6-8,11,14-16H,5,9-10H2,1-4H3. The maximum Gasteiger partial charge on any atom is 0.102 e. The van der Waals surface area contributed by atoms with Crippen molar-refractivity contribution in [3.8, 4) is 0 Å². The summed E-state index contributed by atoms with van der Waals surface area (Å²) >= 11 is 0. The molecule has 0 bridgehead atoms. The summed E-state index contributed by atoms with van der Waals surface area (Å²) in [5.74, 6) is 0. The van der Waals surface area contributed by atoms with Crippen LogP contribution >= 0.6 is 0 Å². The van der Waals surface area contributed by atoms with E-state index in [0.29, 0.717) is 0 Å². The number of anilines is 1. The van der Waals surface area contributed by atoms with E-state index in [1.165, 1.54) is 0 Å². The second-order valence-corrected chi connectivity index (χ2v) is 5.17. The smallest absolute Gasteiger partial charge is 0.102 e. The highest BCUT2D eigenvalue weighted by Gasteiger charge is 2.33. The summed E-state index contributed by atoms with van der Waals surface area (Å²) < 4.78 is 10.9. The molecule has 0 saturated carbocycles. The molecule has 2 heterocycles. The van der Waals surface area contributed by atoms with E-state index in [2.05, 4.69) is 41.2 Å². The Morgan fingerprint density at radius 1 is 1.30 bits per heavy atom. The van der Waals surface area contributed by atoms with Gasteiger partial charge in [0.25, 0.3) is 0 Å². The van der Waals surface area contributed by atoms with Gasteiger partial charge < -0.3 is 19.7 Å². The van der Waals surface area contributed by atoms with Crippen molar-refractivity contribution in [3.63, 3.8) is 0 Å². The largest absolute Gasteiger partial charge is 0.377 e. The molecule has 20 heavy (non-hydrogen) atoms. The van der Waals surface area contributed by atoms with Crippen molar-refractivity contribution >= 4 is 5.69 Å². The first-order valence-electron chi connectivity index (χ1n) is 7.19. The normalized spacial score (nSPS) is 24.1. The second-order valence-electron chi connectivity index (χ2n) is 5.17. The number of methoxy groups -OCH3 is 2. The van der Waals surface area contributed by atoms with Crippen LogP contribution in [0, 0.1) is 0 Å². The van der Waals surface area contributed by atoms with E-state index in [9.17, 15) is 0 Å². The molecule has 5 nitrogen and oxygen atoms in total. The lowest BCUT2D eigenvalue weighted by molar-refractivity contribution is -0.00461. The molecular formula is C15H25N3O2. The summed E-state index contributed by atoms with van der Waals surface area (Å²) in [7, 11) is 3.47. The molecular weight excluding hydrogens is 254 g/mol. The highest BCUT2D eigenvalue weighted by molar-refractivity contribution is 5.46. The van der Waals surface area contributed by atoms with Crippen molar-refractivity contribution in [2.75, 3.05) is 38.8 Å². The van der Waals surface area contributed by atoms with Crippen LogP contribution < -0.4 is 10.2 Å². The van der Waals surface area contributed by atoms with Crippen LogP contribution in [0.2, 0.25) is 0 Å². The Balaban J connectivity index is 2.03. The highest BCUT2D eigenvalue weighted by Crippen LogP contribution is 2.23. The SMILES string of the molecule is CCNC(C)c1ccc(N2CC(OC)C(OC)C2)cn1. The van der Waals surface area contributed by atoms with Crippen molar-refractivity contribution in [1.82, 2.24) is 10.3 Å². The molecule has 112 valence electrons. The number of aromatic nitrogens is 1. The minimum atomic E-state index is 0.125. The van der Waals surface area contributed by atoms with E-state index in [0.717, 1.165) is 31.0 Å². The number of pyridine rings is 1. The van der Waals surface area contributed by atoms with Gasteiger partial charge in [0.2, 0.25) is 0 Å². The maximum absolute atomic E-state index is 5.46. The molecule has 0 radical (unpaired) electrons. The predicted molar refractivity (Wildman–Crippen MR) is 80.1 cm³/mol. The minimum absolute atomic E-state index is 0.125. The molecule has 1 aromatic heterocycles. The lowest BCUT2D eigenvalue weighted by Crippen LogP contribution is -2.27. The van der Waals surface area contributed by atoms with Crippen LogP contribution in [-0.2, 0) is 9.47 Å². The van der Waals surface area contributed by atoms with Gasteiger partial charge in [-0.3, -0.25) is 4.98 Å². The average Bonchev–Trinajstić information content (AvgIpc) is 2.91. The highest BCUT2D eigenvalue weighted by atomic mass is 16.5. The summed E-state index contributed by atoms with van der Waals surface area (Å²) in [6.07, 6.45) is 2.19. The summed E-state index contributed by atoms with van der Waals surface area (Å²) in [5.41, 5.74) is 2.19. The zero-order valence-electron chi connectivity index (χ0n) is 12.8. The summed E-state index contributed by atoms with van der Waals surface area (Å²) in [6, 6.07) is 4.50. The van der Waals surface area contributed by atoms with Gasteiger partial charge in [-0.15, -0.1) is 0 Å². The third-order valence-electron chi connectivity index (χ3n) is 3.91. The van der Waals surface area contributed by atoms with Crippen LogP contribution in [0.15, 0.2) is 18.3 Å². The number of nitrogens with zero attached hydrogens (tertiary/aromatic N) is 2. The quantitative estimate of drug-likeness (QED) is 0.857. The molecule has 3 atom stereocenters. The van der Waals surface area contributed by atoms with Crippen LogP contribution in [0.25, 0.3) is 0 Å². The van der Waals surface area contributed by atoms with Crippen LogP contribution in [-0.4, -0.2) is 51.0 Å². The Morgan fingerprint density at radius 3 is 2.40 bits per heavy atom. The molecule has 1 N–H and O–H groups in total. The van der Waals surface area contributed by atoms with Crippen molar-refractivity contribution in [1.29, 1.82) is 0 Å². The Bertz CT molecular complexity index is 398. The van der Waals surface area contributed by atoms with Gasteiger partial charge in [-0.2, -0.15) is 0 Å². The van der Waals surface area contributed by atoms with Gasteiger partial charge in [-0.1, -0.05) is 6.92 Å². The summed E-state index contributed by atoms with van der Waals surface area (Å²) in [4.78, 5) is 6.82. The lowest BCUT2D eigenvalue weighted by Gasteiger charge is -2.19. The molecule has 0 amide bonds. The average molecular weight is 279 g/mol. The molecule has 5 heteroatoms. The summed E-state index contributed by atoms with van der Waals surface area (Å²) in [5, 5.41) is 3.37. The van der Waals surface area contributed by atoms with E-state index in [4.69, 9.17) is 9.47 Å². The molecule has 1 fully saturated rings. The van der Waals surface area contributed by atoms with Crippen molar-refractivity contribution in [2.45, 2.75) is 32.1 Å². The van der Waals surface area contributed by atoms with Gasteiger partial charge in [0.05, 0.1) is 17.6 Å². The number of hydrogen-bond acceptors (Lipinski definition) is 5. The van der Waals surface area contributed by atoms with Crippen LogP contribution in [0.3, 0.4) is 0 Å². The molecule has 1 aliphatic heterocycles. The molecule has 1 saturated heterocycles. The lowest BCUT2D eigenvalue weighted by atomic mass is 10.2. The molecule has 3 unspecified atom stereocenters. The number of ether oxygens (including phenoxy) is 2. The molecule has 2 rings (SSSR count). The fraction of sp³-hybridized carbons (Fsp3) is 0.667. The number of nitrogens with one attached hydrogen (secondary N) is 1. The third kappa shape index (κ3) is 3.29. The van der Waals surface area contributed by atoms with Gasteiger partial charge >= 0.3 is 0 Å². The number of rotatable bonds is 6. The van der Waals surface area contributed by atoms with Crippen molar-refractivity contribution < 1.29 is 9.47 Å². The topological polar surface area (TPSA) is 46.6 Å². The minimum Gasteiger partial charge on any atom is -0.377 e. The van der Waals surface area contributed by atoms with E-state index in [-0.39, 0.29) is 18.2 Å². The molecule has 1 aliphatic rings. The molecule has 0 aromatic carbocycles. The van der Waals surface area contributed by atoms with Gasteiger partial charge in [-0.25, -0.2) is 0 Å². The molecule has 0 aliphatic carbocycles. The van der Waals surface area contributed by atoms with Gasteiger partial charge in [0.1, 0.15) is 12.2 Å². The first kappa shape index (κ1) is 15.2. The van der Waals surface area contributed by atoms with E-state index < -0.39 is 0 Å². The first-order chi connectivity index (χ1) is 9.69. The van der Waals surface area contributed by atoms with E-state index in [1.54, 1.807) is 14.2 Å². The summed E-state index contributed by atoms with van der Waals surface area (Å²) in [6.45, 7) is 6.87. The zero-order chi connectivity index (χ0) is 14.5. The van der Waals surface area contributed by atoms with E-state index >= 15 is 0 Å².